The molecule has 6 heteroatoms. The number of aromatic nitrogens is 2. The molecule has 0 aromatic carbocycles. The van der Waals surface area contributed by atoms with Gasteiger partial charge in [-0.1, -0.05) is 0 Å². The van der Waals surface area contributed by atoms with E-state index in [4.69, 9.17) is 0 Å². The normalized spacial score (nSPS) is 10.3. The van der Waals surface area contributed by atoms with Crippen molar-refractivity contribution in [3.8, 4) is 0 Å². The van der Waals surface area contributed by atoms with Crippen LogP contribution in [0.25, 0.3) is 0 Å². The van der Waals surface area contributed by atoms with Crippen LogP contribution in [0.1, 0.15) is 21.9 Å². The minimum atomic E-state index is -0.368. The van der Waals surface area contributed by atoms with Crippen molar-refractivity contribution < 1.29 is 9.53 Å². The van der Waals surface area contributed by atoms with Gasteiger partial charge in [-0.3, -0.25) is 0 Å². The first-order valence-electron chi connectivity index (χ1n) is 5.73. The molecule has 2 N–H and O–H groups in total. The van der Waals surface area contributed by atoms with E-state index in [9.17, 15) is 4.79 Å². The summed E-state index contributed by atoms with van der Waals surface area (Å²) in [5.74, 6) is -0.368. The Morgan fingerprint density at radius 2 is 2.21 bits per heavy atom. The maximum Gasteiger partial charge on any atom is 0.354 e. The number of methoxy groups -OCH3 is 1. The molecule has 0 amide bonds. The lowest BCUT2D eigenvalue weighted by Gasteiger charge is -2.08. The second kappa shape index (κ2) is 5.88. The molecule has 0 spiro atoms. The fraction of sp³-hybridized carbons (Fsp3) is 0.231. The Balaban J connectivity index is 2.02. The number of rotatable bonds is 4. The third-order valence-corrected chi connectivity index (χ3v) is 3.11. The fourth-order valence-corrected chi connectivity index (χ4v) is 2.08. The number of aryl methyl sites for hydroxylation is 1. The van der Waals surface area contributed by atoms with Gasteiger partial charge in [-0.25, -0.2) is 9.78 Å². The molecule has 100 valence electrons. The quantitative estimate of drug-likeness (QED) is 0.670. The van der Waals surface area contributed by atoms with Crippen molar-refractivity contribution in [2.24, 2.45) is 0 Å². The molecule has 19 heavy (non-hydrogen) atoms. The zero-order chi connectivity index (χ0) is 13.8. The summed E-state index contributed by atoms with van der Waals surface area (Å²) >= 11 is 3.32. The van der Waals surface area contributed by atoms with Crippen LogP contribution in [-0.4, -0.2) is 23.0 Å². The predicted octanol–water partition coefficient (Wildman–Crippen LogP) is 2.88. The average molecular weight is 324 g/mol. The summed E-state index contributed by atoms with van der Waals surface area (Å²) in [5.41, 5.74) is 3.22. The van der Waals surface area contributed by atoms with Crippen molar-refractivity contribution in [1.82, 2.24) is 9.97 Å². The van der Waals surface area contributed by atoms with Crippen LogP contribution in [0.4, 0.5) is 5.69 Å². The van der Waals surface area contributed by atoms with Crippen molar-refractivity contribution in [2.75, 3.05) is 12.4 Å². The molecule has 2 aromatic heterocycles. The lowest BCUT2D eigenvalue weighted by molar-refractivity contribution is 0.0594. The first-order chi connectivity index (χ1) is 9.10. The van der Waals surface area contributed by atoms with Crippen LogP contribution in [0.15, 0.2) is 28.9 Å². The zero-order valence-corrected chi connectivity index (χ0v) is 12.2. The molecule has 0 radical (unpaired) electrons. The van der Waals surface area contributed by atoms with E-state index in [0.29, 0.717) is 12.2 Å². The molecule has 0 saturated heterocycles. The second-order valence-electron chi connectivity index (χ2n) is 4.01. The number of anilines is 1. The Morgan fingerprint density at radius 3 is 2.89 bits per heavy atom. The predicted molar refractivity (Wildman–Crippen MR) is 76.1 cm³/mol. The van der Waals surface area contributed by atoms with Crippen molar-refractivity contribution in [3.63, 3.8) is 0 Å². The van der Waals surface area contributed by atoms with E-state index in [1.54, 1.807) is 6.07 Å². The molecule has 0 aliphatic rings. The molecular formula is C13H14BrN3O2. The lowest BCUT2D eigenvalue weighted by Crippen LogP contribution is -2.04. The van der Waals surface area contributed by atoms with Crippen LogP contribution >= 0.6 is 15.9 Å². The second-order valence-corrected chi connectivity index (χ2v) is 4.82. The van der Waals surface area contributed by atoms with Crippen molar-refractivity contribution >= 4 is 27.6 Å². The highest BCUT2D eigenvalue weighted by molar-refractivity contribution is 9.10. The number of carbonyl (C=O) groups is 1. The molecule has 5 nitrogen and oxygen atoms in total. The molecule has 2 rings (SSSR count). The van der Waals surface area contributed by atoms with E-state index in [-0.39, 0.29) is 5.97 Å². The van der Waals surface area contributed by atoms with Gasteiger partial charge in [-0.15, -0.1) is 0 Å². The van der Waals surface area contributed by atoms with Gasteiger partial charge in [0.25, 0.3) is 0 Å². The van der Waals surface area contributed by atoms with Gasteiger partial charge in [-0.2, -0.15) is 0 Å². The van der Waals surface area contributed by atoms with Crippen LogP contribution in [0.5, 0.6) is 0 Å². The standard InChI is InChI=1S/C13H14BrN3O2/c1-8-10(5-6-12(14)16-8)15-7-9-3-4-11(17-9)13(18)19-2/h3-6,15,17H,7H2,1-2H3. The molecule has 0 unspecified atom stereocenters. The lowest BCUT2D eigenvalue weighted by atomic mass is 10.3. The first-order valence-corrected chi connectivity index (χ1v) is 6.52. The number of H-pyrrole nitrogens is 1. The van der Waals surface area contributed by atoms with E-state index < -0.39 is 0 Å². The van der Waals surface area contributed by atoms with E-state index >= 15 is 0 Å². The third kappa shape index (κ3) is 3.35. The van der Waals surface area contributed by atoms with E-state index in [1.165, 1.54) is 7.11 Å². The monoisotopic (exact) mass is 323 g/mol. The summed E-state index contributed by atoms with van der Waals surface area (Å²) in [6.07, 6.45) is 0. The summed E-state index contributed by atoms with van der Waals surface area (Å²) in [5, 5.41) is 3.26. The Bertz CT molecular complexity index is 595. The number of hydrogen-bond donors (Lipinski definition) is 2. The third-order valence-electron chi connectivity index (χ3n) is 2.67. The highest BCUT2D eigenvalue weighted by Gasteiger charge is 2.08. The Labute approximate surface area is 119 Å². The Hall–Kier alpha value is -1.82. The summed E-state index contributed by atoms with van der Waals surface area (Å²) in [6, 6.07) is 7.39. The van der Waals surface area contributed by atoms with Gasteiger partial charge in [0, 0.05) is 5.69 Å². The highest BCUT2D eigenvalue weighted by Crippen LogP contribution is 2.17. The number of esters is 1. The fourth-order valence-electron chi connectivity index (χ4n) is 1.68. The minimum Gasteiger partial charge on any atom is -0.464 e. The average Bonchev–Trinajstić information content (AvgIpc) is 2.85. The largest absolute Gasteiger partial charge is 0.464 e. The van der Waals surface area contributed by atoms with Gasteiger partial charge >= 0.3 is 5.97 Å². The van der Waals surface area contributed by atoms with Crippen LogP contribution in [0.2, 0.25) is 0 Å². The molecule has 0 aliphatic carbocycles. The van der Waals surface area contributed by atoms with Crippen LogP contribution in [0.3, 0.4) is 0 Å². The van der Waals surface area contributed by atoms with Crippen molar-refractivity contribution in [2.45, 2.75) is 13.5 Å². The zero-order valence-electron chi connectivity index (χ0n) is 10.7. The van der Waals surface area contributed by atoms with Gasteiger partial charge in [-0.05, 0) is 47.1 Å². The summed E-state index contributed by atoms with van der Waals surface area (Å²) in [4.78, 5) is 18.6. The molecule has 0 atom stereocenters. The number of nitrogens with zero attached hydrogens (tertiary/aromatic N) is 1. The van der Waals surface area contributed by atoms with Crippen molar-refractivity contribution in [3.05, 3.63) is 46.0 Å². The molecular weight excluding hydrogens is 310 g/mol. The first kappa shape index (κ1) is 13.6. The van der Waals surface area contributed by atoms with Gasteiger partial charge in [0.15, 0.2) is 0 Å². The SMILES string of the molecule is COC(=O)c1ccc(CNc2ccc(Br)nc2C)[nH]1. The highest BCUT2D eigenvalue weighted by atomic mass is 79.9. The van der Waals surface area contributed by atoms with Crippen LogP contribution in [0, 0.1) is 6.92 Å². The smallest absolute Gasteiger partial charge is 0.354 e. The van der Waals surface area contributed by atoms with Gasteiger partial charge in [0.1, 0.15) is 10.3 Å². The number of pyridine rings is 1. The van der Waals surface area contributed by atoms with Gasteiger partial charge in [0.2, 0.25) is 0 Å². The Morgan fingerprint density at radius 1 is 1.42 bits per heavy atom. The Kier molecular flexibility index (Phi) is 4.21. The molecule has 0 fully saturated rings. The van der Waals surface area contributed by atoms with Crippen molar-refractivity contribution in [1.29, 1.82) is 0 Å². The number of nitrogens with one attached hydrogen (secondary N) is 2. The molecule has 2 aromatic rings. The summed E-state index contributed by atoms with van der Waals surface area (Å²) in [7, 11) is 1.36. The number of halogens is 1. The maximum atomic E-state index is 11.3. The van der Waals surface area contributed by atoms with E-state index in [1.807, 2.05) is 25.1 Å². The van der Waals surface area contributed by atoms with Crippen LogP contribution in [-0.2, 0) is 11.3 Å². The summed E-state index contributed by atoms with van der Waals surface area (Å²) < 4.78 is 5.45. The topological polar surface area (TPSA) is 67.0 Å². The maximum absolute atomic E-state index is 11.3. The number of hydrogen-bond acceptors (Lipinski definition) is 4. The minimum absolute atomic E-state index is 0.368. The number of ether oxygens (including phenoxy) is 1. The van der Waals surface area contributed by atoms with Crippen LogP contribution < -0.4 is 5.32 Å². The molecule has 2 heterocycles. The van der Waals surface area contributed by atoms with Gasteiger partial charge < -0.3 is 15.0 Å². The van der Waals surface area contributed by atoms with E-state index in [0.717, 1.165) is 21.7 Å². The van der Waals surface area contributed by atoms with E-state index in [2.05, 4.69) is 36.0 Å². The number of carbonyl (C=O) groups excluding carboxylic acids is 1. The molecule has 0 aliphatic heterocycles. The number of aromatic amines is 1. The molecule has 0 bridgehead atoms. The summed E-state index contributed by atoms with van der Waals surface area (Å²) in [6.45, 7) is 2.52. The van der Waals surface area contributed by atoms with Gasteiger partial charge in [0.05, 0.1) is 25.0 Å². The molecule has 0 saturated carbocycles.